The van der Waals surface area contributed by atoms with E-state index in [4.69, 9.17) is 0 Å². The molecule has 70 valence electrons. The summed E-state index contributed by atoms with van der Waals surface area (Å²) in [7, 11) is 1.13. The molecule has 0 aliphatic heterocycles. The summed E-state index contributed by atoms with van der Waals surface area (Å²) >= 11 is 0. The van der Waals surface area contributed by atoms with Gasteiger partial charge in [-0.15, -0.1) is 0 Å². The number of hydrogen-bond acceptors (Lipinski definition) is 3. The van der Waals surface area contributed by atoms with Gasteiger partial charge in [0.25, 0.3) is 0 Å². The van der Waals surface area contributed by atoms with Gasteiger partial charge in [0.15, 0.2) is 6.10 Å². The van der Waals surface area contributed by atoms with Crippen LogP contribution in [0.5, 0.6) is 0 Å². The number of carbonyl (C=O) groups is 1. The van der Waals surface area contributed by atoms with Gasteiger partial charge < -0.3 is 9.84 Å². The molecule has 0 aliphatic carbocycles. The summed E-state index contributed by atoms with van der Waals surface area (Å²) in [6.07, 6.45) is -1.55. The Kier molecular flexibility index (Phi) is 2.97. The molecule has 0 radical (unpaired) electrons. The monoisotopic (exact) mass is 184 g/mol. The summed E-state index contributed by atoms with van der Waals surface area (Å²) in [6, 6.07) is 5.51. The van der Waals surface area contributed by atoms with Crippen molar-refractivity contribution in [3.63, 3.8) is 0 Å². The van der Waals surface area contributed by atoms with Crippen molar-refractivity contribution in [2.75, 3.05) is 7.11 Å². The maximum Gasteiger partial charge on any atom is 0.339 e. The first kappa shape index (κ1) is 9.67. The zero-order valence-corrected chi connectivity index (χ0v) is 7.03. The maximum atomic E-state index is 13.0. The van der Waals surface area contributed by atoms with Gasteiger partial charge in [0.1, 0.15) is 5.82 Å². The van der Waals surface area contributed by atoms with Crippen LogP contribution in [0, 0.1) is 5.82 Å². The number of aliphatic hydroxyl groups is 1. The Morgan fingerprint density at radius 2 is 2.15 bits per heavy atom. The van der Waals surface area contributed by atoms with Crippen molar-refractivity contribution in [1.29, 1.82) is 0 Å². The molecule has 3 nitrogen and oxygen atoms in total. The quantitative estimate of drug-likeness (QED) is 0.698. The first-order chi connectivity index (χ1) is 6.16. The number of esters is 1. The lowest BCUT2D eigenvalue weighted by molar-refractivity contribution is -0.150. The molecule has 0 amide bonds. The van der Waals surface area contributed by atoms with E-state index in [2.05, 4.69) is 4.74 Å². The highest BCUT2D eigenvalue weighted by Crippen LogP contribution is 2.17. The highest BCUT2D eigenvalue weighted by atomic mass is 19.1. The van der Waals surface area contributed by atoms with E-state index in [0.29, 0.717) is 0 Å². The summed E-state index contributed by atoms with van der Waals surface area (Å²) in [6.45, 7) is 0. The summed E-state index contributed by atoms with van der Waals surface area (Å²) in [5.74, 6) is -1.49. The van der Waals surface area contributed by atoms with E-state index >= 15 is 0 Å². The van der Waals surface area contributed by atoms with E-state index in [-0.39, 0.29) is 5.56 Å². The summed E-state index contributed by atoms with van der Waals surface area (Å²) in [5.41, 5.74) is -0.0747. The van der Waals surface area contributed by atoms with Gasteiger partial charge in [0.2, 0.25) is 0 Å². The van der Waals surface area contributed by atoms with Gasteiger partial charge in [-0.05, 0) is 6.07 Å². The Morgan fingerprint density at radius 3 is 2.69 bits per heavy atom. The lowest BCUT2D eigenvalue weighted by Crippen LogP contribution is -2.14. The Balaban J connectivity index is 2.95. The molecular formula is C9H9FO3. The predicted molar refractivity (Wildman–Crippen MR) is 43.4 cm³/mol. The van der Waals surface area contributed by atoms with Crippen LogP contribution in [-0.4, -0.2) is 18.2 Å². The number of methoxy groups -OCH3 is 1. The second-order valence-corrected chi connectivity index (χ2v) is 2.45. The molecule has 0 heterocycles. The molecule has 0 saturated heterocycles. The highest BCUT2D eigenvalue weighted by molar-refractivity contribution is 5.76. The second kappa shape index (κ2) is 4.00. The minimum absolute atomic E-state index is 0.0747. The number of hydrogen-bond donors (Lipinski definition) is 1. The highest BCUT2D eigenvalue weighted by Gasteiger charge is 2.20. The molecule has 0 fully saturated rings. The third-order valence-corrected chi connectivity index (χ3v) is 1.62. The first-order valence-corrected chi connectivity index (χ1v) is 3.67. The third kappa shape index (κ3) is 2.03. The van der Waals surface area contributed by atoms with Crippen molar-refractivity contribution in [3.05, 3.63) is 35.6 Å². The maximum absolute atomic E-state index is 13.0. The van der Waals surface area contributed by atoms with Crippen molar-refractivity contribution < 1.29 is 19.0 Å². The number of ether oxygens (including phenoxy) is 1. The van der Waals surface area contributed by atoms with Crippen molar-refractivity contribution in [3.8, 4) is 0 Å². The fourth-order valence-electron chi connectivity index (χ4n) is 0.935. The zero-order chi connectivity index (χ0) is 9.84. The number of aliphatic hydroxyl groups excluding tert-OH is 1. The Labute approximate surface area is 74.8 Å². The molecule has 0 bridgehead atoms. The van der Waals surface area contributed by atoms with Crippen LogP contribution in [-0.2, 0) is 9.53 Å². The molecule has 1 unspecified atom stereocenters. The van der Waals surface area contributed by atoms with Gasteiger partial charge in [-0.3, -0.25) is 0 Å². The Hall–Kier alpha value is -1.42. The van der Waals surface area contributed by atoms with Crippen LogP contribution in [0.2, 0.25) is 0 Å². The fourth-order valence-corrected chi connectivity index (χ4v) is 0.935. The normalized spacial score (nSPS) is 12.2. The summed E-state index contributed by atoms with van der Waals surface area (Å²) in [5, 5.41) is 9.26. The van der Waals surface area contributed by atoms with E-state index in [1.54, 1.807) is 0 Å². The fraction of sp³-hybridized carbons (Fsp3) is 0.222. The number of halogens is 1. The minimum atomic E-state index is -1.55. The first-order valence-electron chi connectivity index (χ1n) is 3.67. The Bertz CT molecular complexity index is 311. The third-order valence-electron chi connectivity index (χ3n) is 1.62. The number of carbonyl (C=O) groups excluding carboxylic acids is 1. The molecule has 4 heteroatoms. The summed E-state index contributed by atoms with van der Waals surface area (Å²) < 4.78 is 17.2. The summed E-state index contributed by atoms with van der Waals surface area (Å²) in [4.78, 5) is 10.8. The predicted octanol–water partition coefficient (Wildman–Crippen LogP) is 1.03. The lowest BCUT2D eigenvalue weighted by Gasteiger charge is -2.08. The van der Waals surface area contributed by atoms with Crippen LogP contribution < -0.4 is 0 Å². The van der Waals surface area contributed by atoms with E-state index in [9.17, 15) is 14.3 Å². The molecule has 1 aromatic rings. The average Bonchev–Trinajstić information content (AvgIpc) is 2.16. The van der Waals surface area contributed by atoms with E-state index in [0.717, 1.165) is 7.11 Å². The smallest absolute Gasteiger partial charge is 0.339 e. The van der Waals surface area contributed by atoms with Crippen molar-refractivity contribution in [2.24, 2.45) is 0 Å². The lowest BCUT2D eigenvalue weighted by atomic mass is 10.1. The molecule has 0 saturated carbocycles. The van der Waals surface area contributed by atoms with E-state index < -0.39 is 17.9 Å². The van der Waals surface area contributed by atoms with Gasteiger partial charge in [-0.2, -0.15) is 0 Å². The number of benzene rings is 1. The molecule has 1 atom stereocenters. The molecule has 1 rings (SSSR count). The van der Waals surface area contributed by atoms with Crippen molar-refractivity contribution in [2.45, 2.75) is 6.10 Å². The van der Waals surface area contributed by atoms with E-state index in [1.165, 1.54) is 24.3 Å². The molecule has 0 spiro atoms. The van der Waals surface area contributed by atoms with Crippen molar-refractivity contribution >= 4 is 5.97 Å². The van der Waals surface area contributed by atoms with Crippen LogP contribution in [0.25, 0.3) is 0 Å². The molecule has 0 aliphatic rings. The minimum Gasteiger partial charge on any atom is -0.467 e. The molecular weight excluding hydrogens is 175 g/mol. The Morgan fingerprint density at radius 1 is 1.54 bits per heavy atom. The van der Waals surface area contributed by atoms with Gasteiger partial charge in [0.05, 0.1) is 7.11 Å². The van der Waals surface area contributed by atoms with Gasteiger partial charge in [-0.25, -0.2) is 9.18 Å². The van der Waals surface area contributed by atoms with Crippen molar-refractivity contribution in [1.82, 2.24) is 0 Å². The average molecular weight is 184 g/mol. The molecule has 1 aromatic carbocycles. The molecule has 1 N–H and O–H groups in total. The number of rotatable bonds is 2. The molecule has 13 heavy (non-hydrogen) atoms. The van der Waals surface area contributed by atoms with Gasteiger partial charge >= 0.3 is 5.97 Å². The molecule has 0 aromatic heterocycles. The van der Waals surface area contributed by atoms with Crippen LogP contribution in [0.15, 0.2) is 24.3 Å². The zero-order valence-electron chi connectivity index (χ0n) is 7.03. The standard InChI is InChI=1S/C9H9FO3/c1-13-9(12)8(11)6-4-2-3-5-7(6)10/h2-5,8,11H,1H3. The largest absolute Gasteiger partial charge is 0.467 e. The topological polar surface area (TPSA) is 46.5 Å². The van der Waals surface area contributed by atoms with Crippen LogP contribution in [0.3, 0.4) is 0 Å². The second-order valence-electron chi connectivity index (χ2n) is 2.45. The van der Waals surface area contributed by atoms with Gasteiger partial charge in [0, 0.05) is 5.56 Å². The van der Waals surface area contributed by atoms with Crippen LogP contribution >= 0.6 is 0 Å². The van der Waals surface area contributed by atoms with E-state index in [1.807, 2.05) is 0 Å². The van der Waals surface area contributed by atoms with Gasteiger partial charge in [-0.1, -0.05) is 18.2 Å². The van der Waals surface area contributed by atoms with Crippen LogP contribution in [0.4, 0.5) is 4.39 Å². The van der Waals surface area contributed by atoms with Crippen LogP contribution in [0.1, 0.15) is 11.7 Å². The SMILES string of the molecule is COC(=O)C(O)c1ccccc1F.